The molecule has 4 rings (SSSR count). The summed E-state index contributed by atoms with van der Waals surface area (Å²) >= 11 is 10.6. The topological polar surface area (TPSA) is 78.5 Å². The first-order valence-electron chi connectivity index (χ1n) is 8.95. The van der Waals surface area contributed by atoms with Crippen molar-refractivity contribution in [1.29, 1.82) is 5.26 Å². The monoisotopic (exact) mass is 437 g/mol. The lowest BCUT2D eigenvalue weighted by molar-refractivity contribution is -0.118. The number of hydrogen-bond donors (Lipinski definition) is 2. The Morgan fingerprint density at radius 1 is 1.20 bits per heavy atom. The Morgan fingerprint density at radius 3 is 2.63 bits per heavy atom. The number of furan rings is 1. The van der Waals surface area contributed by atoms with Gasteiger partial charge in [-0.2, -0.15) is 5.26 Å². The number of thiol groups is 1. The predicted molar refractivity (Wildman–Crippen MR) is 117 cm³/mol. The highest BCUT2D eigenvalue weighted by Gasteiger charge is 2.35. The van der Waals surface area contributed by atoms with Crippen LogP contribution in [0.5, 0.6) is 5.75 Å². The summed E-state index contributed by atoms with van der Waals surface area (Å²) in [5.74, 6) is 1.26. The zero-order valence-electron chi connectivity index (χ0n) is 15.8. The number of hydrogen-bond acceptors (Lipinski definition) is 6. The Kier molecular flexibility index (Phi) is 5.44. The molecule has 8 heteroatoms. The van der Waals surface area contributed by atoms with E-state index < -0.39 is 12.1 Å². The number of nitrogens with one attached hydrogen (secondary N) is 1. The molecule has 2 heterocycles. The molecule has 0 fully saturated rings. The van der Waals surface area contributed by atoms with Gasteiger partial charge >= 0.3 is 0 Å². The average molecular weight is 438 g/mol. The van der Waals surface area contributed by atoms with Crippen molar-refractivity contribution < 1.29 is 13.9 Å². The first-order chi connectivity index (χ1) is 14.5. The molecule has 150 valence electrons. The predicted octanol–water partition coefficient (Wildman–Crippen LogP) is 4.91. The highest BCUT2D eigenvalue weighted by atomic mass is 35.5. The van der Waals surface area contributed by atoms with Crippen LogP contribution in [0.25, 0.3) is 11.3 Å². The number of carbonyl (C=O) groups excluding carboxylic acids is 1. The number of carbonyl (C=O) groups is 1. The van der Waals surface area contributed by atoms with Crippen LogP contribution in [-0.2, 0) is 4.79 Å². The smallest absolute Gasteiger partial charge is 0.266 e. The zero-order valence-corrected chi connectivity index (χ0v) is 17.4. The van der Waals surface area contributed by atoms with E-state index in [9.17, 15) is 10.1 Å². The quantitative estimate of drug-likeness (QED) is 0.567. The lowest BCUT2D eigenvalue weighted by Gasteiger charge is -2.36. The molecule has 1 aliphatic heterocycles. The molecule has 1 amide bonds. The number of amides is 1. The van der Waals surface area contributed by atoms with Crippen molar-refractivity contribution in [2.24, 2.45) is 0 Å². The highest BCUT2D eigenvalue weighted by molar-refractivity contribution is 7.84. The minimum absolute atomic E-state index is 0.0768. The first-order valence-corrected chi connectivity index (χ1v) is 9.77. The van der Waals surface area contributed by atoms with E-state index in [1.807, 2.05) is 30.3 Å². The van der Waals surface area contributed by atoms with E-state index in [4.69, 9.17) is 20.8 Å². The second-order valence-electron chi connectivity index (χ2n) is 6.47. The van der Waals surface area contributed by atoms with Crippen molar-refractivity contribution in [2.75, 3.05) is 12.0 Å². The van der Waals surface area contributed by atoms with Crippen LogP contribution in [0.3, 0.4) is 0 Å². The Labute approximate surface area is 183 Å². The van der Waals surface area contributed by atoms with Crippen molar-refractivity contribution in [3.8, 4) is 23.1 Å². The van der Waals surface area contributed by atoms with Crippen molar-refractivity contribution in [1.82, 2.24) is 5.32 Å². The van der Waals surface area contributed by atoms with Crippen molar-refractivity contribution >= 4 is 35.8 Å². The average Bonchev–Trinajstić information content (AvgIpc) is 3.24. The van der Waals surface area contributed by atoms with E-state index in [0.717, 1.165) is 5.56 Å². The molecule has 30 heavy (non-hydrogen) atoms. The molecule has 0 unspecified atom stereocenters. The van der Waals surface area contributed by atoms with Crippen LogP contribution in [0.4, 0.5) is 5.69 Å². The fraction of sp³-hybridized carbons (Fsp3) is 0.0909. The number of methoxy groups -OCH3 is 1. The number of benzene rings is 2. The summed E-state index contributed by atoms with van der Waals surface area (Å²) in [6.07, 6.45) is -0.691. The minimum Gasteiger partial charge on any atom is -0.497 e. The molecule has 0 saturated carbocycles. The summed E-state index contributed by atoms with van der Waals surface area (Å²) in [5.41, 5.74) is 1.44. The van der Waals surface area contributed by atoms with Gasteiger partial charge in [-0.05, 0) is 48.5 Å². The molecule has 2 aromatic carbocycles. The second kappa shape index (κ2) is 8.19. The lowest BCUT2D eigenvalue weighted by Crippen LogP contribution is -2.45. The molecule has 0 spiro atoms. The third-order valence-corrected chi connectivity index (χ3v) is 5.35. The zero-order chi connectivity index (χ0) is 21.3. The highest BCUT2D eigenvalue weighted by Crippen LogP contribution is 2.38. The lowest BCUT2D eigenvalue weighted by atomic mass is 10.1. The Bertz CT molecular complexity index is 1180. The van der Waals surface area contributed by atoms with Gasteiger partial charge in [0.05, 0.1) is 12.1 Å². The second-order valence-corrected chi connectivity index (χ2v) is 7.33. The maximum Gasteiger partial charge on any atom is 0.266 e. The largest absolute Gasteiger partial charge is 0.497 e. The minimum atomic E-state index is -0.691. The van der Waals surface area contributed by atoms with E-state index in [2.05, 4.69) is 17.9 Å². The Morgan fingerprint density at radius 2 is 1.97 bits per heavy atom. The molecule has 1 aliphatic rings. The third-order valence-electron chi connectivity index (χ3n) is 4.67. The molecule has 0 bridgehead atoms. The molecule has 1 N–H and O–H groups in total. The molecule has 0 aliphatic carbocycles. The maximum atomic E-state index is 12.5. The fourth-order valence-corrected chi connectivity index (χ4v) is 3.79. The molecular formula is C22H16ClN3O3S. The summed E-state index contributed by atoms with van der Waals surface area (Å²) in [7, 11) is 1.58. The van der Waals surface area contributed by atoms with Gasteiger partial charge in [0.15, 0.2) is 6.17 Å². The molecule has 1 aromatic heterocycles. The molecule has 3 aromatic rings. The number of rotatable bonds is 4. The summed E-state index contributed by atoms with van der Waals surface area (Å²) in [6, 6.07) is 20.0. The van der Waals surface area contributed by atoms with Crippen LogP contribution >= 0.6 is 24.2 Å². The van der Waals surface area contributed by atoms with Gasteiger partial charge in [0, 0.05) is 16.3 Å². The van der Waals surface area contributed by atoms with Gasteiger partial charge in [-0.1, -0.05) is 23.7 Å². The van der Waals surface area contributed by atoms with Gasteiger partial charge in [-0.25, -0.2) is 0 Å². The van der Waals surface area contributed by atoms with Gasteiger partial charge in [0.1, 0.15) is 28.9 Å². The van der Waals surface area contributed by atoms with Gasteiger partial charge in [-0.15, -0.1) is 12.6 Å². The van der Waals surface area contributed by atoms with Crippen LogP contribution in [0.15, 0.2) is 75.7 Å². The van der Waals surface area contributed by atoms with Gasteiger partial charge in [-0.3, -0.25) is 4.79 Å². The Balaban J connectivity index is 1.78. The summed E-state index contributed by atoms with van der Waals surface area (Å²) in [5, 5.41) is 13.1. The van der Waals surface area contributed by atoms with E-state index >= 15 is 0 Å². The third kappa shape index (κ3) is 3.63. The first kappa shape index (κ1) is 20.0. The molecule has 6 nitrogen and oxygen atoms in total. The van der Waals surface area contributed by atoms with Crippen LogP contribution in [0, 0.1) is 11.3 Å². The normalized spacial score (nSPS) is 16.3. The molecular weight excluding hydrogens is 422 g/mol. The van der Waals surface area contributed by atoms with Crippen molar-refractivity contribution in [2.45, 2.75) is 6.17 Å². The number of halogens is 1. The Hall–Kier alpha value is -3.34. The van der Waals surface area contributed by atoms with Crippen molar-refractivity contribution in [3.63, 3.8) is 0 Å². The van der Waals surface area contributed by atoms with E-state index in [1.54, 1.807) is 48.4 Å². The van der Waals surface area contributed by atoms with Crippen LogP contribution in [0.1, 0.15) is 11.9 Å². The summed E-state index contributed by atoms with van der Waals surface area (Å²) in [6.45, 7) is 0. The fourth-order valence-electron chi connectivity index (χ4n) is 3.22. The number of anilines is 1. The van der Waals surface area contributed by atoms with E-state index in [0.29, 0.717) is 28.0 Å². The molecule has 0 saturated heterocycles. The van der Waals surface area contributed by atoms with Crippen LogP contribution < -0.4 is 15.0 Å². The SMILES string of the molecule is COc1ccc(N2C(S)=C(C#N)C(=O)N[C@@H]2c2ccc(-c3cccc(Cl)c3)o2)cc1. The van der Waals surface area contributed by atoms with Gasteiger partial charge < -0.3 is 19.4 Å². The molecule has 0 radical (unpaired) electrons. The van der Waals surface area contributed by atoms with Crippen molar-refractivity contribution in [3.05, 3.63) is 82.0 Å². The van der Waals surface area contributed by atoms with Crippen LogP contribution in [0.2, 0.25) is 5.02 Å². The van der Waals surface area contributed by atoms with E-state index in [1.165, 1.54) is 0 Å². The van der Waals surface area contributed by atoms with Gasteiger partial charge in [0.2, 0.25) is 0 Å². The number of ether oxygens (including phenoxy) is 1. The number of nitrogens with zero attached hydrogens (tertiary/aromatic N) is 2. The summed E-state index contributed by atoms with van der Waals surface area (Å²) in [4.78, 5) is 14.2. The standard InChI is InChI=1S/C22H16ClN3O3S/c1-28-16-7-5-15(6-8-16)26-20(25-21(27)17(12-24)22(26)30)19-10-9-18(29-19)13-3-2-4-14(23)11-13/h2-11,20,30H,1H3,(H,25,27)/t20-/m0/s1. The van der Waals surface area contributed by atoms with Gasteiger partial charge in [0.25, 0.3) is 5.91 Å². The maximum absolute atomic E-state index is 12.5. The molecule has 1 atom stereocenters. The van der Waals surface area contributed by atoms with E-state index in [-0.39, 0.29) is 10.6 Å². The van der Waals surface area contributed by atoms with Crippen LogP contribution in [-0.4, -0.2) is 13.0 Å². The summed E-state index contributed by atoms with van der Waals surface area (Å²) < 4.78 is 11.3. The number of nitriles is 1.